The van der Waals surface area contributed by atoms with Crippen molar-refractivity contribution in [3.63, 3.8) is 0 Å². The molecule has 2 aromatic rings. The summed E-state index contributed by atoms with van der Waals surface area (Å²) < 4.78 is 25.8. The van der Waals surface area contributed by atoms with E-state index in [0.29, 0.717) is 5.56 Å². The molecular weight excluding hydrogens is 406 g/mol. The molecule has 0 saturated heterocycles. The van der Waals surface area contributed by atoms with Crippen molar-refractivity contribution in [2.24, 2.45) is 0 Å². The standard InChI is InChI=1S/C20H23N5O4S/c1-14-4-9-18(15(2)10-14)22-12-19(26)23-24-20(27)13-25(3)30(28,29)17-7-5-16(11-21)6-8-17/h4-10,22H,12-13H2,1-3H3,(H,23,26)(H,24,27). The largest absolute Gasteiger partial charge is 0.376 e. The molecule has 2 rings (SSSR count). The molecule has 0 aliphatic carbocycles. The van der Waals surface area contributed by atoms with Gasteiger partial charge in [0.15, 0.2) is 0 Å². The van der Waals surface area contributed by atoms with Gasteiger partial charge in [-0.2, -0.15) is 9.57 Å². The highest BCUT2D eigenvalue weighted by atomic mass is 32.2. The summed E-state index contributed by atoms with van der Waals surface area (Å²) >= 11 is 0. The summed E-state index contributed by atoms with van der Waals surface area (Å²) in [5.74, 6) is -1.18. The number of benzene rings is 2. The number of nitrogens with zero attached hydrogens (tertiary/aromatic N) is 2. The Balaban J connectivity index is 1.84. The first-order valence-corrected chi connectivity index (χ1v) is 10.4. The first kappa shape index (κ1) is 22.9. The third-order valence-corrected chi connectivity index (χ3v) is 6.04. The summed E-state index contributed by atoms with van der Waals surface area (Å²) in [5.41, 5.74) is 7.64. The van der Waals surface area contributed by atoms with Crippen LogP contribution < -0.4 is 16.2 Å². The van der Waals surface area contributed by atoms with Crippen LogP contribution in [-0.2, 0) is 19.6 Å². The molecule has 0 aliphatic rings. The molecule has 2 amide bonds. The minimum atomic E-state index is -3.91. The second-order valence-corrected chi connectivity index (χ2v) is 8.71. The number of nitrogens with one attached hydrogen (secondary N) is 3. The average Bonchev–Trinajstić information content (AvgIpc) is 2.71. The molecule has 0 radical (unpaired) electrons. The van der Waals surface area contributed by atoms with Crippen molar-refractivity contribution in [1.29, 1.82) is 5.26 Å². The normalized spacial score (nSPS) is 10.9. The number of anilines is 1. The highest BCUT2D eigenvalue weighted by Crippen LogP contribution is 2.16. The number of rotatable bonds is 7. The lowest BCUT2D eigenvalue weighted by Gasteiger charge is -2.17. The third kappa shape index (κ3) is 6.04. The van der Waals surface area contributed by atoms with Crippen LogP contribution in [0.3, 0.4) is 0 Å². The molecule has 0 fully saturated rings. The van der Waals surface area contributed by atoms with E-state index in [2.05, 4.69) is 16.2 Å². The fourth-order valence-electron chi connectivity index (χ4n) is 2.58. The van der Waals surface area contributed by atoms with Crippen LogP contribution >= 0.6 is 0 Å². The van der Waals surface area contributed by atoms with E-state index in [0.717, 1.165) is 21.1 Å². The van der Waals surface area contributed by atoms with E-state index in [-0.39, 0.29) is 11.4 Å². The number of carbonyl (C=O) groups excluding carboxylic acids is 2. The number of aryl methyl sites for hydroxylation is 2. The maximum Gasteiger partial charge on any atom is 0.257 e. The predicted molar refractivity (Wildman–Crippen MR) is 112 cm³/mol. The van der Waals surface area contributed by atoms with Crippen molar-refractivity contribution in [2.75, 3.05) is 25.5 Å². The molecule has 0 bridgehead atoms. The van der Waals surface area contributed by atoms with Crippen LogP contribution in [0.2, 0.25) is 0 Å². The molecule has 0 aliphatic heterocycles. The van der Waals surface area contributed by atoms with Crippen LogP contribution in [0, 0.1) is 25.2 Å². The van der Waals surface area contributed by atoms with Crippen molar-refractivity contribution in [3.05, 3.63) is 59.2 Å². The predicted octanol–water partition coefficient (Wildman–Crippen LogP) is 1.06. The van der Waals surface area contributed by atoms with Crippen LogP contribution in [0.25, 0.3) is 0 Å². The van der Waals surface area contributed by atoms with Crippen LogP contribution in [0.15, 0.2) is 47.4 Å². The second kappa shape index (κ2) is 9.87. The molecular formula is C20H23N5O4S. The minimum absolute atomic E-state index is 0.0431. The molecule has 158 valence electrons. The number of hydrazine groups is 1. The SMILES string of the molecule is Cc1ccc(NCC(=O)NNC(=O)CN(C)S(=O)(=O)c2ccc(C#N)cc2)c(C)c1. The summed E-state index contributed by atoms with van der Waals surface area (Å²) in [6.07, 6.45) is 0. The molecule has 2 aromatic carbocycles. The van der Waals surface area contributed by atoms with E-state index in [1.165, 1.54) is 31.3 Å². The molecule has 0 aromatic heterocycles. The summed E-state index contributed by atoms with van der Waals surface area (Å²) in [6.45, 7) is 3.33. The van der Waals surface area contributed by atoms with E-state index in [9.17, 15) is 18.0 Å². The molecule has 30 heavy (non-hydrogen) atoms. The maximum atomic E-state index is 12.5. The van der Waals surface area contributed by atoms with Crippen molar-refractivity contribution < 1.29 is 18.0 Å². The topological polar surface area (TPSA) is 131 Å². The van der Waals surface area contributed by atoms with Gasteiger partial charge >= 0.3 is 0 Å². The molecule has 10 heteroatoms. The van der Waals surface area contributed by atoms with Gasteiger partial charge in [0.1, 0.15) is 0 Å². The zero-order valence-electron chi connectivity index (χ0n) is 16.9. The highest BCUT2D eigenvalue weighted by Gasteiger charge is 2.23. The lowest BCUT2D eigenvalue weighted by molar-refractivity contribution is -0.128. The van der Waals surface area contributed by atoms with E-state index in [1.54, 1.807) is 0 Å². The number of carbonyl (C=O) groups is 2. The Morgan fingerprint density at radius 2 is 1.67 bits per heavy atom. The van der Waals surface area contributed by atoms with Crippen molar-refractivity contribution in [2.45, 2.75) is 18.7 Å². The molecule has 0 unspecified atom stereocenters. The molecule has 0 spiro atoms. The van der Waals surface area contributed by atoms with E-state index in [4.69, 9.17) is 5.26 Å². The molecule has 0 saturated carbocycles. The number of hydrogen-bond donors (Lipinski definition) is 3. The van der Waals surface area contributed by atoms with Gasteiger partial charge in [-0.1, -0.05) is 17.7 Å². The number of hydrogen-bond acceptors (Lipinski definition) is 6. The Bertz CT molecular complexity index is 1080. The summed E-state index contributed by atoms with van der Waals surface area (Å²) in [6, 6.07) is 13.0. The minimum Gasteiger partial charge on any atom is -0.376 e. The first-order chi connectivity index (χ1) is 14.1. The van der Waals surface area contributed by atoms with Gasteiger partial charge in [0.05, 0.1) is 29.6 Å². The lowest BCUT2D eigenvalue weighted by Crippen LogP contribution is -2.48. The maximum absolute atomic E-state index is 12.5. The number of amides is 2. The zero-order chi connectivity index (χ0) is 22.3. The zero-order valence-corrected chi connectivity index (χ0v) is 17.7. The van der Waals surface area contributed by atoms with Gasteiger partial charge in [0, 0.05) is 12.7 Å². The van der Waals surface area contributed by atoms with Gasteiger partial charge in [-0.25, -0.2) is 8.42 Å². The van der Waals surface area contributed by atoms with Gasteiger partial charge < -0.3 is 5.32 Å². The fraction of sp³-hybridized carbons (Fsp3) is 0.250. The van der Waals surface area contributed by atoms with Gasteiger partial charge in [-0.05, 0) is 49.7 Å². The monoisotopic (exact) mass is 429 g/mol. The number of sulfonamides is 1. The summed E-state index contributed by atoms with van der Waals surface area (Å²) in [4.78, 5) is 23.9. The quantitative estimate of drug-likeness (QED) is 0.564. The van der Waals surface area contributed by atoms with Crippen LogP contribution in [-0.4, -0.2) is 44.7 Å². The Morgan fingerprint density at radius 3 is 2.27 bits per heavy atom. The van der Waals surface area contributed by atoms with Gasteiger partial charge in [0.25, 0.3) is 11.8 Å². The third-order valence-electron chi connectivity index (χ3n) is 4.22. The van der Waals surface area contributed by atoms with Gasteiger partial charge in [-0.3, -0.25) is 20.4 Å². The van der Waals surface area contributed by atoms with E-state index in [1.807, 2.05) is 38.1 Å². The van der Waals surface area contributed by atoms with Crippen molar-refractivity contribution in [1.82, 2.24) is 15.2 Å². The molecule has 3 N–H and O–H groups in total. The first-order valence-electron chi connectivity index (χ1n) is 8.99. The van der Waals surface area contributed by atoms with Crippen LogP contribution in [0.5, 0.6) is 0 Å². The number of nitriles is 1. The van der Waals surface area contributed by atoms with Gasteiger partial charge in [0.2, 0.25) is 10.0 Å². The Kier molecular flexibility index (Phi) is 7.52. The fourth-order valence-corrected chi connectivity index (χ4v) is 3.71. The van der Waals surface area contributed by atoms with Crippen LogP contribution in [0.4, 0.5) is 5.69 Å². The highest BCUT2D eigenvalue weighted by molar-refractivity contribution is 7.89. The Labute approximate surface area is 175 Å². The second-order valence-electron chi connectivity index (χ2n) is 6.67. The molecule has 0 heterocycles. The molecule has 9 nitrogen and oxygen atoms in total. The Hall–Kier alpha value is -3.42. The number of likely N-dealkylation sites (N-methyl/N-ethyl adjacent to an activating group) is 1. The van der Waals surface area contributed by atoms with Crippen LogP contribution in [0.1, 0.15) is 16.7 Å². The van der Waals surface area contributed by atoms with Crippen molar-refractivity contribution >= 4 is 27.5 Å². The van der Waals surface area contributed by atoms with Gasteiger partial charge in [-0.15, -0.1) is 0 Å². The lowest BCUT2D eigenvalue weighted by atomic mass is 10.1. The average molecular weight is 430 g/mol. The van der Waals surface area contributed by atoms with Crippen molar-refractivity contribution in [3.8, 4) is 6.07 Å². The van der Waals surface area contributed by atoms with E-state index < -0.39 is 28.4 Å². The summed E-state index contributed by atoms with van der Waals surface area (Å²) in [5, 5.41) is 11.8. The summed E-state index contributed by atoms with van der Waals surface area (Å²) in [7, 11) is -2.67. The van der Waals surface area contributed by atoms with E-state index >= 15 is 0 Å². The molecule has 0 atom stereocenters. The smallest absolute Gasteiger partial charge is 0.257 e. The Morgan fingerprint density at radius 1 is 1.03 bits per heavy atom.